The summed E-state index contributed by atoms with van der Waals surface area (Å²) >= 11 is 23.2. The van der Waals surface area contributed by atoms with Crippen molar-refractivity contribution in [3.05, 3.63) is 30.3 Å². The SMILES string of the molecule is CCCCCCCCC(=O)N[C@@H](NC(=S)Nc1ccccc1)C(Cl)(Cl)Cl. The average molecular weight is 439 g/mol. The summed E-state index contributed by atoms with van der Waals surface area (Å²) in [7, 11) is 0. The highest BCUT2D eigenvalue weighted by atomic mass is 35.6. The third-order valence-electron chi connectivity index (χ3n) is 3.70. The van der Waals surface area contributed by atoms with Crippen LogP contribution in [0.4, 0.5) is 5.69 Å². The molecule has 0 aliphatic carbocycles. The second kappa shape index (κ2) is 12.6. The van der Waals surface area contributed by atoms with E-state index in [4.69, 9.17) is 47.0 Å². The Morgan fingerprint density at radius 2 is 1.65 bits per heavy atom. The smallest absolute Gasteiger partial charge is 0.228 e. The summed E-state index contributed by atoms with van der Waals surface area (Å²) in [5.41, 5.74) is 0.798. The monoisotopic (exact) mass is 437 g/mol. The first kappa shape index (κ1) is 23.3. The van der Waals surface area contributed by atoms with Crippen molar-refractivity contribution in [1.29, 1.82) is 0 Å². The number of carbonyl (C=O) groups excluding carboxylic acids is 1. The van der Waals surface area contributed by atoms with E-state index in [0.717, 1.165) is 24.9 Å². The van der Waals surface area contributed by atoms with Crippen molar-refractivity contribution in [2.45, 2.75) is 61.8 Å². The Hall–Kier alpha value is -0.750. The summed E-state index contributed by atoms with van der Waals surface area (Å²) < 4.78 is -1.74. The number of alkyl halides is 3. The molecule has 0 radical (unpaired) electrons. The summed E-state index contributed by atoms with van der Waals surface area (Å²) in [6.07, 6.45) is 6.08. The van der Waals surface area contributed by atoms with E-state index in [9.17, 15) is 4.79 Å². The Labute approximate surface area is 176 Å². The lowest BCUT2D eigenvalue weighted by Crippen LogP contribution is -2.56. The van der Waals surface area contributed by atoms with Gasteiger partial charge in [-0.25, -0.2) is 0 Å². The van der Waals surface area contributed by atoms with Gasteiger partial charge >= 0.3 is 0 Å². The molecule has 0 spiro atoms. The topological polar surface area (TPSA) is 53.2 Å². The molecular weight excluding hydrogens is 413 g/mol. The highest BCUT2D eigenvalue weighted by molar-refractivity contribution is 7.80. The highest BCUT2D eigenvalue weighted by Crippen LogP contribution is 2.29. The van der Waals surface area contributed by atoms with Gasteiger partial charge in [-0.1, -0.05) is 92.0 Å². The summed E-state index contributed by atoms with van der Waals surface area (Å²) in [6, 6.07) is 9.36. The molecule has 0 saturated carbocycles. The van der Waals surface area contributed by atoms with Crippen LogP contribution in [0.25, 0.3) is 0 Å². The fourth-order valence-electron chi connectivity index (χ4n) is 2.32. The van der Waals surface area contributed by atoms with Crippen molar-refractivity contribution in [2.75, 3.05) is 5.32 Å². The first-order chi connectivity index (χ1) is 12.3. The van der Waals surface area contributed by atoms with Crippen LogP contribution in [0.5, 0.6) is 0 Å². The maximum Gasteiger partial charge on any atom is 0.228 e. The summed E-state index contributed by atoms with van der Waals surface area (Å²) in [6.45, 7) is 2.17. The van der Waals surface area contributed by atoms with Crippen LogP contribution in [0, 0.1) is 0 Å². The van der Waals surface area contributed by atoms with Gasteiger partial charge in [-0.05, 0) is 30.8 Å². The fourth-order valence-corrected chi connectivity index (χ4v) is 2.88. The van der Waals surface area contributed by atoms with Crippen LogP contribution in [-0.2, 0) is 4.79 Å². The molecule has 0 bridgehead atoms. The zero-order valence-electron chi connectivity index (χ0n) is 14.9. The molecule has 4 nitrogen and oxygen atoms in total. The predicted molar refractivity (Wildman–Crippen MR) is 116 cm³/mol. The standard InChI is InChI=1S/C18H26Cl3N3OS/c1-2-3-4-5-6-10-13-15(25)23-16(18(19,20)21)24-17(26)22-14-11-8-7-9-12-14/h7-9,11-12,16H,2-6,10,13H2,1H3,(H,23,25)(H2,22,24,26)/t16-/m0/s1. The van der Waals surface area contributed by atoms with Crippen LogP contribution in [0.15, 0.2) is 30.3 Å². The zero-order valence-corrected chi connectivity index (χ0v) is 17.9. The van der Waals surface area contributed by atoms with E-state index >= 15 is 0 Å². The fraction of sp³-hybridized carbons (Fsp3) is 0.556. The summed E-state index contributed by atoms with van der Waals surface area (Å²) in [5, 5.41) is 8.79. The van der Waals surface area contributed by atoms with E-state index in [1.807, 2.05) is 30.3 Å². The second-order valence-corrected chi connectivity index (χ2v) is 8.80. The van der Waals surface area contributed by atoms with Crippen LogP contribution in [0.1, 0.15) is 51.9 Å². The number of rotatable bonds is 10. The van der Waals surface area contributed by atoms with E-state index in [1.54, 1.807) is 0 Å². The van der Waals surface area contributed by atoms with E-state index in [2.05, 4.69) is 22.9 Å². The Morgan fingerprint density at radius 1 is 1.04 bits per heavy atom. The van der Waals surface area contributed by atoms with Crippen LogP contribution >= 0.6 is 47.0 Å². The largest absolute Gasteiger partial charge is 0.339 e. The molecule has 0 unspecified atom stereocenters. The lowest BCUT2D eigenvalue weighted by atomic mass is 10.1. The molecule has 3 N–H and O–H groups in total. The molecule has 1 amide bonds. The highest BCUT2D eigenvalue weighted by Gasteiger charge is 2.34. The molecule has 1 aromatic carbocycles. The minimum atomic E-state index is -1.74. The predicted octanol–water partition coefficient (Wildman–Crippen LogP) is 5.54. The summed E-state index contributed by atoms with van der Waals surface area (Å²) in [5.74, 6) is -0.174. The quantitative estimate of drug-likeness (QED) is 0.194. The van der Waals surface area contributed by atoms with Crippen LogP contribution in [0.2, 0.25) is 0 Å². The molecule has 8 heteroatoms. The first-order valence-electron chi connectivity index (χ1n) is 8.81. The number of carbonyl (C=O) groups is 1. The maximum absolute atomic E-state index is 12.1. The molecule has 0 heterocycles. The Kier molecular flexibility index (Phi) is 11.3. The lowest BCUT2D eigenvalue weighted by molar-refractivity contribution is -0.122. The number of unbranched alkanes of at least 4 members (excludes halogenated alkanes) is 5. The van der Waals surface area contributed by atoms with Crippen molar-refractivity contribution >= 4 is 63.7 Å². The zero-order chi connectivity index (χ0) is 19.4. The molecule has 1 rings (SSSR count). The molecule has 0 aliphatic rings. The van der Waals surface area contributed by atoms with Gasteiger partial charge in [-0.3, -0.25) is 4.79 Å². The Balaban J connectivity index is 2.43. The molecule has 0 fully saturated rings. The lowest BCUT2D eigenvalue weighted by Gasteiger charge is -2.27. The van der Waals surface area contributed by atoms with Gasteiger partial charge in [0.2, 0.25) is 9.70 Å². The second-order valence-electron chi connectivity index (χ2n) is 6.02. The summed E-state index contributed by atoms with van der Waals surface area (Å²) in [4.78, 5) is 12.1. The van der Waals surface area contributed by atoms with Gasteiger partial charge in [0.25, 0.3) is 0 Å². The van der Waals surface area contributed by atoms with Crippen molar-refractivity contribution < 1.29 is 4.79 Å². The molecule has 146 valence electrons. The molecule has 0 aromatic heterocycles. The minimum Gasteiger partial charge on any atom is -0.339 e. The van der Waals surface area contributed by atoms with E-state index in [0.29, 0.717) is 6.42 Å². The van der Waals surface area contributed by atoms with Gasteiger partial charge in [0, 0.05) is 12.1 Å². The van der Waals surface area contributed by atoms with Crippen LogP contribution < -0.4 is 16.0 Å². The van der Waals surface area contributed by atoms with Gasteiger partial charge in [-0.2, -0.15) is 0 Å². The number of anilines is 1. The number of halogens is 3. The van der Waals surface area contributed by atoms with Crippen LogP contribution in [-0.4, -0.2) is 21.0 Å². The molecule has 1 aromatic rings. The Morgan fingerprint density at radius 3 is 2.27 bits per heavy atom. The van der Waals surface area contributed by atoms with Gasteiger partial charge in [-0.15, -0.1) is 0 Å². The number of nitrogens with one attached hydrogen (secondary N) is 3. The van der Waals surface area contributed by atoms with Crippen molar-refractivity contribution in [3.63, 3.8) is 0 Å². The van der Waals surface area contributed by atoms with Gasteiger partial charge in [0.05, 0.1) is 0 Å². The van der Waals surface area contributed by atoms with Gasteiger partial charge < -0.3 is 16.0 Å². The van der Waals surface area contributed by atoms with Gasteiger partial charge in [0.15, 0.2) is 5.11 Å². The number of hydrogen-bond donors (Lipinski definition) is 3. The molecule has 1 atom stereocenters. The van der Waals surface area contributed by atoms with E-state index in [-0.39, 0.29) is 11.0 Å². The number of hydrogen-bond acceptors (Lipinski definition) is 2. The first-order valence-corrected chi connectivity index (χ1v) is 10.4. The van der Waals surface area contributed by atoms with Crippen molar-refractivity contribution in [1.82, 2.24) is 10.6 Å². The number of thiocarbonyl (C=S) groups is 1. The number of para-hydroxylation sites is 1. The third kappa shape index (κ3) is 10.4. The Bertz CT molecular complexity index is 552. The molecule has 26 heavy (non-hydrogen) atoms. The number of benzene rings is 1. The maximum atomic E-state index is 12.1. The molecule has 0 saturated heterocycles. The van der Waals surface area contributed by atoms with Crippen molar-refractivity contribution in [3.8, 4) is 0 Å². The van der Waals surface area contributed by atoms with Crippen LogP contribution in [0.3, 0.4) is 0 Å². The third-order valence-corrected chi connectivity index (χ3v) is 4.57. The van der Waals surface area contributed by atoms with E-state index in [1.165, 1.54) is 19.3 Å². The minimum absolute atomic E-state index is 0.174. The van der Waals surface area contributed by atoms with Crippen molar-refractivity contribution in [2.24, 2.45) is 0 Å². The van der Waals surface area contributed by atoms with Gasteiger partial charge in [0.1, 0.15) is 6.17 Å². The molecule has 0 aliphatic heterocycles. The number of amides is 1. The average Bonchev–Trinajstić information content (AvgIpc) is 2.57. The normalized spacial score (nSPS) is 12.3. The van der Waals surface area contributed by atoms with E-state index < -0.39 is 9.96 Å². The molecular formula is C18H26Cl3N3OS.